The quantitative estimate of drug-likeness (QED) is 0.303. The van der Waals surface area contributed by atoms with E-state index in [1.165, 1.54) is 0 Å². The van der Waals surface area contributed by atoms with Gasteiger partial charge in [0, 0.05) is 0 Å². The van der Waals surface area contributed by atoms with Crippen molar-refractivity contribution in [2.75, 3.05) is 0 Å². The highest BCUT2D eigenvalue weighted by Crippen LogP contribution is 2.18. The SMILES string of the molecule is C#CC1OC1C#C. The minimum atomic E-state index is -0.0926. The Hall–Kier alpha value is -0.920. The number of ether oxygens (including phenoxy) is 1. The maximum Gasteiger partial charge on any atom is 0.157 e. The molecule has 1 nitrogen and oxygen atoms in total. The predicted octanol–water partition coefficient (Wildman–Crippen LogP) is 0.0202. The number of hydrogen-bond acceptors (Lipinski definition) is 1. The van der Waals surface area contributed by atoms with Gasteiger partial charge in [0.15, 0.2) is 12.2 Å². The van der Waals surface area contributed by atoms with Crippen LogP contribution in [0.5, 0.6) is 0 Å². The molecule has 0 aromatic carbocycles. The highest BCUT2D eigenvalue weighted by Gasteiger charge is 2.34. The second-order valence-electron chi connectivity index (χ2n) is 1.31. The minimum Gasteiger partial charge on any atom is -0.342 e. The van der Waals surface area contributed by atoms with Crippen molar-refractivity contribution in [2.24, 2.45) is 0 Å². The second kappa shape index (κ2) is 1.30. The van der Waals surface area contributed by atoms with Gasteiger partial charge >= 0.3 is 0 Å². The molecule has 0 N–H and O–H groups in total. The fourth-order valence-electron chi connectivity index (χ4n) is 0.366. The summed E-state index contributed by atoms with van der Waals surface area (Å²) in [5.74, 6) is 4.75. The van der Waals surface area contributed by atoms with E-state index in [0.29, 0.717) is 0 Å². The molecule has 1 fully saturated rings. The Kier molecular flexibility index (Phi) is 0.785. The van der Waals surface area contributed by atoms with E-state index in [9.17, 15) is 0 Å². The average molecular weight is 92.1 g/mol. The lowest BCUT2D eigenvalue weighted by Gasteiger charge is -1.61. The average Bonchev–Trinajstić information content (AvgIpc) is 2.43. The topological polar surface area (TPSA) is 12.5 Å². The Bertz CT molecular complexity index is 129. The first-order chi connectivity index (χ1) is 3.38. The van der Waals surface area contributed by atoms with Crippen molar-refractivity contribution in [2.45, 2.75) is 12.2 Å². The molecule has 0 amide bonds. The van der Waals surface area contributed by atoms with Gasteiger partial charge in [0.05, 0.1) is 0 Å². The van der Waals surface area contributed by atoms with Crippen molar-refractivity contribution in [3.05, 3.63) is 0 Å². The Balaban J connectivity index is 2.39. The Morgan fingerprint density at radius 3 is 1.71 bits per heavy atom. The van der Waals surface area contributed by atoms with Crippen LogP contribution in [0.3, 0.4) is 0 Å². The molecule has 0 saturated carbocycles. The zero-order valence-corrected chi connectivity index (χ0v) is 3.72. The van der Waals surface area contributed by atoms with Crippen LogP contribution in [0.4, 0.5) is 0 Å². The van der Waals surface area contributed by atoms with Gasteiger partial charge in [0.1, 0.15) is 0 Å². The van der Waals surface area contributed by atoms with Gasteiger partial charge in [-0.15, -0.1) is 12.8 Å². The van der Waals surface area contributed by atoms with Crippen molar-refractivity contribution in [3.8, 4) is 24.7 Å². The lowest BCUT2D eigenvalue weighted by Crippen LogP contribution is -1.82. The monoisotopic (exact) mass is 92.0 g/mol. The Labute approximate surface area is 42.7 Å². The summed E-state index contributed by atoms with van der Waals surface area (Å²) in [6.45, 7) is 0. The van der Waals surface area contributed by atoms with Gasteiger partial charge in [-0.3, -0.25) is 0 Å². The molecule has 0 aromatic heterocycles. The van der Waals surface area contributed by atoms with Gasteiger partial charge in [0.2, 0.25) is 0 Å². The van der Waals surface area contributed by atoms with Crippen molar-refractivity contribution in [3.63, 3.8) is 0 Å². The summed E-state index contributed by atoms with van der Waals surface area (Å²) in [5.41, 5.74) is 0. The zero-order chi connectivity index (χ0) is 5.28. The predicted molar refractivity (Wildman–Crippen MR) is 26.3 cm³/mol. The fraction of sp³-hybridized carbons (Fsp3) is 0.333. The summed E-state index contributed by atoms with van der Waals surface area (Å²) >= 11 is 0. The first kappa shape index (κ1) is 4.24. The minimum absolute atomic E-state index is 0.0926. The molecule has 0 bridgehead atoms. The van der Waals surface area contributed by atoms with Gasteiger partial charge in [-0.05, 0) is 0 Å². The van der Waals surface area contributed by atoms with Crippen LogP contribution in [-0.2, 0) is 4.74 Å². The molecule has 2 atom stereocenters. The summed E-state index contributed by atoms with van der Waals surface area (Å²) in [4.78, 5) is 0. The van der Waals surface area contributed by atoms with Crippen LogP contribution in [0.2, 0.25) is 0 Å². The summed E-state index contributed by atoms with van der Waals surface area (Å²) in [6.07, 6.45) is 9.67. The van der Waals surface area contributed by atoms with Gasteiger partial charge < -0.3 is 4.74 Å². The maximum absolute atomic E-state index is 4.93. The van der Waals surface area contributed by atoms with E-state index in [0.717, 1.165) is 0 Å². The van der Waals surface area contributed by atoms with Gasteiger partial charge in [-0.25, -0.2) is 0 Å². The molecule has 1 saturated heterocycles. The van der Waals surface area contributed by atoms with Crippen LogP contribution in [0.15, 0.2) is 0 Å². The Morgan fingerprint density at radius 2 is 1.57 bits per heavy atom. The lowest BCUT2D eigenvalue weighted by atomic mass is 10.3. The number of hydrogen-bond donors (Lipinski definition) is 0. The van der Waals surface area contributed by atoms with E-state index in [4.69, 9.17) is 17.6 Å². The standard InChI is InChI=1S/C6H4O/c1-3-5-6(4-2)7-5/h1-2,5-6H. The molecule has 1 heteroatoms. The van der Waals surface area contributed by atoms with Crippen molar-refractivity contribution >= 4 is 0 Å². The molecule has 1 rings (SSSR count). The lowest BCUT2D eigenvalue weighted by molar-refractivity contribution is 0.421. The van der Waals surface area contributed by atoms with E-state index < -0.39 is 0 Å². The van der Waals surface area contributed by atoms with Crippen molar-refractivity contribution in [1.82, 2.24) is 0 Å². The molecule has 0 aromatic rings. The Morgan fingerprint density at radius 1 is 1.14 bits per heavy atom. The fourth-order valence-corrected chi connectivity index (χ4v) is 0.366. The largest absolute Gasteiger partial charge is 0.342 e. The number of epoxide rings is 1. The van der Waals surface area contributed by atoms with E-state index in [2.05, 4.69) is 11.8 Å². The van der Waals surface area contributed by atoms with Crippen LogP contribution >= 0.6 is 0 Å². The van der Waals surface area contributed by atoms with Gasteiger partial charge in [-0.1, -0.05) is 11.8 Å². The molecule has 34 valence electrons. The number of terminal acetylenes is 2. The summed E-state index contributed by atoms with van der Waals surface area (Å²) in [6, 6.07) is 0. The third kappa shape index (κ3) is 0.585. The van der Waals surface area contributed by atoms with Crippen LogP contribution in [0, 0.1) is 24.7 Å². The van der Waals surface area contributed by atoms with Crippen molar-refractivity contribution < 1.29 is 4.74 Å². The van der Waals surface area contributed by atoms with E-state index in [1.54, 1.807) is 0 Å². The third-order valence-electron chi connectivity index (χ3n) is 0.820. The zero-order valence-electron chi connectivity index (χ0n) is 3.72. The highest BCUT2D eigenvalue weighted by atomic mass is 16.6. The molecule has 1 heterocycles. The second-order valence-corrected chi connectivity index (χ2v) is 1.31. The van der Waals surface area contributed by atoms with E-state index in [1.807, 2.05) is 0 Å². The molecule has 0 spiro atoms. The van der Waals surface area contributed by atoms with Gasteiger partial charge in [-0.2, -0.15) is 0 Å². The molecule has 0 aliphatic carbocycles. The normalized spacial score (nSPS) is 35.7. The molecular formula is C6H4O. The molecule has 0 radical (unpaired) electrons. The smallest absolute Gasteiger partial charge is 0.157 e. The van der Waals surface area contributed by atoms with Gasteiger partial charge in [0.25, 0.3) is 0 Å². The maximum atomic E-state index is 4.93. The van der Waals surface area contributed by atoms with Crippen molar-refractivity contribution in [1.29, 1.82) is 0 Å². The molecule has 7 heavy (non-hydrogen) atoms. The molecule has 1 aliphatic heterocycles. The molecular weight excluding hydrogens is 88.1 g/mol. The summed E-state index contributed by atoms with van der Waals surface area (Å²) in [7, 11) is 0. The first-order valence-electron chi connectivity index (χ1n) is 1.96. The number of rotatable bonds is 0. The summed E-state index contributed by atoms with van der Waals surface area (Å²) in [5, 5.41) is 0. The van der Waals surface area contributed by atoms with Crippen LogP contribution in [0.1, 0.15) is 0 Å². The first-order valence-corrected chi connectivity index (χ1v) is 1.96. The third-order valence-corrected chi connectivity index (χ3v) is 0.820. The van der Waals surface area contributed by atoms with E-state index in [-0.39, 0.29) is 12.2 Å². The molecule has 2 unspecified atom stereocenters. The van der Waals surface area contributed by atoms with Crippen LogP contribution in [0.25, 0.3) is 0 Å². The molecule has 1 aliphatic rings. The van der Waals surface area contributed by atoms with E-state index >= 15 is 0 Å². The van der Waals surface area contributed by atoms with Crippen LogP contribution in [-0.4, -0.2) is 12.2 Å². The summed E-state index contributed by atoms with van der Waals surface area (Å²) < 4.78 is 4.74. The van der Waals surface area contributed by atoms with Crippen LogP contribution < -0.4 is 0 Å². The highest BCUT2D eigenvalue weighted by molar-refractivity contribution is 5.19.